The zero-order valence-corrected chi connectivity index (χ0v) is 26.5. The fraction of sp³-hybridized carbons (Fsp3) is 0.314. The number of methoxy groups -OCH3 is 1. The lowest BCUT2D eigenvalue weighted by Gasteiger charge is -2.32. The number of benzene rings is 3. The van der Waals surface area contributed by atoms with Gasteiger partial charge in [-0.1, -0.05) is 0 Å². The van der Waals surface area contributed by atoms with Crippen molar-refractivity contribution in [1.29, 1.82) is 0 Å². The molecular formula is C35H40N6O4. The number of allylic oxidation sites excluding steroid dienone is 1. The predicted molar refractivity (Wildman–Crippen MR) is 180 cm³/mol. The van der Waals surface area contributed by atoms with Crippen LogP contribution < -0.4 is 25.0 Å². The van der Waals surface area contributed by atoms with Gasteiger partial charge in [-0.3, -0.25) is 9.69 Å². The molecule has 10 nitrogen and oxygen atoms in total. The summed E-state index contributed by atoms with van der Waals surface area (Å²) in [7, 11) is 7.74. The molecule has 4 aromatic rings. The number of hydrogen-bond donors (Lipinski definition) is 2. The number of carbonyl (C=O) groups is 2. The van der Waals surface area contributed by atoms with E-state index in [4.69, 9.17) is 9.47 Å². The lowest BCUT2D eigenvalue weighted by molar-refractivity contribution is 0.101. The normalized spacial score (nSPS) is 16.1. The van der Waals surface area contributed by atoms with E-state index in [-0.39, 0.29) is 11.5 Å². The Hall–Kier alpha value is -4.80. The zero-order chi connectivity index (χ0) is 31.7. The number of piperazine rings is 1. The van der Waals surface area contributed by atoms with Gasteiger partial charge in [-0.2, -0.15) is 0 Å². The number of hydrogen-bond acceptors (Lipinski definition) is 7. The largest absolute Gasteiger partial charge is 0.497 e. The van der Waals surface area contributed by atoms with Crippen molar-refractivity contribution in [2.24, 2.45) is 0 Å². The quantitative estimate of drug-likeness (QED) is 0.254. The molecule has 3 aromatic carbocycles. The highest BCUT2D eigenvalue weighted by molar-refractivity contribution is 6.16. The van der Waals surface area contributed by atoms with Crippen LogP contribution in [0.25, 0.3) is 17.0 Å². The van der Waals surface area contributed by atoms with E-state index < -0.39 is 6.03 Å². The molecule has 0 radical (unpaired) electrons. The molecule has 10 heteroatoms. The summed E-state index contributed by atoms with van der Waals surface area (Å²) in [5.41, 5.74) is 5.68. The van der Waals surface area contributed by atoms with Crippen molar-refractivity contribution in [2.45, 2.75) is 13.5 Å². The van der Waals surface area contributed by atoms with Crippen molar-refractivity contribution in [3.8, 4) is 11.5 Å². The Kier molecular flexibility index (Phi) is 8.51. The molecule has 2 amide bonds. The number of rotatable bonds is 8. The average Bonchev–Trinajstić information content (AvgIpc) is 3.48. The van der Waals surface area contributed by atoms with E-state index in [1.54, 1.807) is 25.3 Å². The van der Waals surface area contributed by atoms with Gasteiger partial charge in [0.15, 0.2) is 5.76 Å². The Morgan fingerprint density at radius 2 is 1.67 bits per heavy atom. The van der Waals surface area contributed by atoms with Crippen LogP contribution in [0.2, 0.25) is 0 Å². The zero-order valence-electron chi connectivity index (χ0n) is 26.5. The second-order valence-corrected chi connectivity index (χ2v) is 11.8. The third kappa shape index (κ3) is 6.38. The van der Waals surface area contributed by atoms with Crippen LogP contribution in [-0.2, 0) is 6.54 Å². The maximum atomic E-state index is 13.6. The van der Waals surface area contributed by atoms with Gasteiger partial charge in [0, 0.05) is 92.6 Å². The molecule has 2 N–H and O–H groups in total. The van der Waals surface area contributed by atoms with Crippen molar-refractivity contribution < 1.29 is 19.1 Å². The Labute approximate surface area is 263 Å². The molecule has 45 heavy (non-hydrogen) atoms. The van der Waals surface area contributed by atoms with Gasteiger partial charge in [0.25, 0.3) is 0 Å². The molecule has 1 aromatic heterocycles. The second kappa shape index (κ2) is 12.7. The van der Waals surface area contributed by atoms with Gasteiger partial charge in [0.05, 0.1) is 12.7 Å². The molecule has 0 spiro atoms. The minimum absolute atomic E-state index is 0.228. The molecule has 2 aliphatic heterocycles. The third-order valence-electron chi connectivity index (χ3n) is 8.66. The van der Waals surface area contributed by atoms with Crippen molar-refractivity contribution in [3.05, 3.63) is 83.2 Å². The van der Waals surface area contributed by atoms with Crippen molar-refractivity contribution >= 4 is 45.9 Å². The first-order valence-corrected chi connectivity index (χ1v) is 15.2. The van der Waals surface area contributed by atoms with E-state index in [2.05, 4.69) is 45.0 Å². The number of amides is 2. The predicted octanol–water partition coefficient (Wildman–Crippen LogP) is 5.53. The summed E-state index contributed by atoms with van der Waals surface area (Å²) < 4.78 is 13.9. The van der Waals surface area contributed by atoms with Crippen LogP contribution in [0.15, 0.2) is 66.4 Å². The first-order chi connectivity index (χ1) is 21.7. The molecule has 2 aliphatic rings. The van der Waals surface area contributed by atoms with Gasteiger partial charge in [-0.25, -0.2) is 4.79 Å². The Balaban J connectivity index is 1.21. The number of nitrogens with one attached hydrogen (secondary N) is 2. The van der Waals surface area contributed by atoms with Crippen molar-refractivity contribution in [2.75, 3.05) is 76.5 Å². The summed E-state index contributed by atoms with van der Waals surface area (Å²) in [6, 6.07) is 18.3. The molecule has 0 unspecified atom stereocenters. The molecule has 3 heterocycles. The first kappa shape index (κ1) is 30.2. The van der Waals surface area contributed by atoms with E-state index in [1.165, 1.54) is 0 Å². The van der Waals surface area contributed by atoms with Crippen LogP contribution in [0, 0.1) is 6.92 Å². The summed E-state index contributed by atoms with van der Waals surface area (Å²) in [4.78, 5) is 33.1. The number of anilines is 3. The molecule has 234 valence electrons. The van der Waals surface area contributed by atoms with Gasteiger partial charge in [-0.05, 0) is 80.7 Å². The molecule has 1 fully saturated rings. The van der Waals surface area contributed by atoms with E-state index in [1.807, 2.05) is 61.5 Å². The van der Waals surface area contributed by atoms with Crippen LogP contribution in [0.4, 0.5) is 21.9 Å². The molecule has 0 bridgehead atoms. The highest BCUT2D eigenvalue weighted by Crippen LogP contribution is 2.37. The summed E-state index contributed by atoms with van der Waals surface area (Å²) in [6.45, 7) is 8.15. The highest BCUT2D eigenvalue weighted by atomic mass is 16.5. The number of carbonyl (C=O) groups excluding carboxylic acids is 2. The average molecular weight is 609 g/mol. The standard InChI is InChI=1S/C35H40N6O4/c1-23-28(29-21-27(44-5)11-12-31(29)41(23)19-18-40-16-14-39(4)15-17-40)22-33-34(42)30-20-25(8-13-32(30)45-33)37-35(43)36-24-6-9-26(10-7-24)38(2)3/h6-13,20-22H,14-19H2,1-5H3,(H2,36,37,43). The summed E-state index contributed by atoms with van der Waals surface area (Å²) in [5.74, 6) is 1.24. The maximum Gasteiger partial charge on any atom is 0.323 e. The maximum absolute atomic E-state index is 13.6. The monoisotopic (exact) mass is 608 g/mol. The number of urea groups is 1. The molecule has 1 saturated heterocycles. The molecule has 6 rings (SSSR count). The minimum atomic E-state index is -0.399. The van der Waals surface area contributed by atoms with Crippen molar-refractivity contribution in [3.63, 3.8) is 0 Å². The number of Topliss-reactive ketones (excluding diaryl/α,β-unsaturated/α-hetero) is 1. The molecular weight excluding hydrogens is 568 g/mol. The van der Waals surface area contributed by atoms with Crippen LogP contribution in [0.5, 0.6) is 11.5 Å². The summed E-state index contributed by atoms with van der Waals surface area (Å²) in [5, 5.41) is 6.66. The summed E-state index contributed by atoms with van der Waals surface area (Å²) >= 11 is 0. The van der Waals surface area contributed by atoms with E-state index in [0.717, 1.165) is 72.9 Å². The molecule has 0 atom stereocenters. The van der Waals surface area contributed by atoms with Gasteiger partial charge >= 0.3 is 6.03 Å². The Bertz CT molecular complexity index is 1770. The topological polar surface area (TPSA) is 91.3 Å². The van der Waals surface area contributed by atoms with E-state index >= 15 is 0 Å². The lowest BCUT2D eigenvalue weighted by Crippen LogP contribution is -2.45. The number of likely N-dealkylation sites (N-methyl/N-ethyl adjacent to an activating group) is 1. The fourth-order valence-corrected chi connectivity index (χ4v) is 5.93. The van der Waals surface area contributed by atoms with Crippen LogP contribution in [-0.4, -0.2) is 87.2 Å². The van der Waals surface area contributed by atoms with Gasteiger partial charge in [0.1, 0.15) is 11.5 Å². The number of ether oxygens (including phenoxy) is 2. The summed E-state index contributed by atoms with van der Waals surface area (Å²) in [6.07, 6.45) is 1.84. The smallest absolute Gasteiger partial charge is 0.323 e. The number of ketones is 1. The van der Waals surface area contributed by atoms with Crippen molar-refractivity contribution in [1.82, 2.24) is 14.4 Å². The first-order valence-electron chi connectivity index (χ1n) is 15.2. The number of nitrogens with zero attached hydrogens (tertiary/aromatic N) is 4. The fourth-order valence-electron chi connectivity index (χ4n) is 5.93. The van der Waals surface area contributed by atoms with Crippen LogP contribution in [0.3, 0.4) is 0 Å². The molecule has 0 saturated carbocycles. The van der Waals surface area contributed by atoms with E-state index in [9.17, 15) is 9.59 Å². The Morgan fingerprint density at radius 1 is 0.956 bits per heavy atom. The minimum Gasteiger partial charge on any atom is -0.497 e. The Morgan fingerprint density at radius 3 is 2.38 bits per heavy atom. The second-order valence-electron chi connectivity index (χ2n) is 11.8. The number of fused-ring (bicyclic) bond motifs is 2. The van der Waals surface area contributed by atoms with Gasteiger partial charge in [0.2, 0.25) is 5.78 Å². The highest BCUT2D eigenvalue weighted by Gasteiger charge is 2.29. The van der Waals surface area contributed by atoms with Crippen LogP contribution >= 0.6 is 0 Å². The van der Waals surface area contributed by atoms with Gasteiger partial charge < -0.3 is 34.5 Å². The third-order valence-corrected chi connectivity index (χ3v) is 8.66. The lowest BCUT2D eigenvalue weighted by atomic mass is 10.1. The molecule has 0 aliphatic carbocycles. The van der Waals surface area contributed by atoms with Gasteiger partial charge in [-0.15, -0.1) is 0 Å². The number of aromatic nitrogens is 1. The SMILES string of the molecule is COc1ccc2c(c1)c(C=C1Oc3ccc(NC(=O)Nc4ccc(N(C)C)cc4)cc3C1=O)c(C)n2CCN1CCN(C)CC1. The van der Waals surface area contributed by atoms with E-state index in [0.29, 0.717) is 22.7 Å². The van der Waals surface area contributed by atoms with Crippen LogP contribution in [0.1, 0.15) is 21.6 Å².